The minimum Gasteiger partial charge on any atom is -0.198 e. The van der Waals surface area contributed by atoms with E-state index in [1.807, 2.05) is 0 Å². The summed E-state index contributed by atoms with van der Waals surface area (Å²) in [5.41, 5.74) is 0.453. The van der Waals surface area contributed by atoms with Gasteiger partial charge < -0.3 is 0 Å². The minimum atomic E-state index is -0.690. The molecule has 0 aromatic heterocycles. The monoisotopic (exact) mass is 336 g/mol. The molecule has 3 heteroatoms. The summed E-state index contributed by atoms with van der Waals surface area (Å²) >= 11 is 9.63. The summed E-state index contributed by atoms with van der Waals surface area (Å²) in [4.78, 5) is 0. The molecule has 0 amide bonds. The number of hydrogen-bond donors (Lipinski definition) is 2. The van der Waals surface area contributed by atoms with Crippen LogP contribution in [0.1, 0.15) is 66.2 Å². The van der Waals surface area contributed by atoms with Gasteiger partial charge in [0, 0.05) is 5.25 Å². The van der Waals surface area contributed by atoms with Gasteiger partial charge in [-0.2, -0.15) is 21.7 Å². The van der Waals surface area contributed by atoms with Gasteiger partial charge in [0.1, 0.15) is 0 Å². The van der Waals surface area contributed by atoms with Gasteiger partial charge in [0.15, 0.2) is 0 Å². The highest BCUT2D eigenvalue weighted by Crippen LogP contribution is 2.57. The normalized spacial score (nSPS) is 29.0. The van der Waals surface area contributed by atoms with Crippen LogP contribution in [0.25, 0.3) is 0 Å². The average molecular weight is 337 g/mol. The van der Waals surface area contributed by atoms with Gasteiger partial charge in [-0.25, -0.2) is 0 Å². The molecule has 0 spiro atoms. The van der Waals surface area contributed by atoms with Crippen LogP contribution in [0.15, 0.2) is 0 Å². The molecule has 0 nitrogen and oxygen atoms in total. The molecule has 1 saturated carbocycles. The molecule has 122 valence electrons. The van der Waals surface area contributed by atoms with Gasteiger partial charge in [-0.3, -0.25) is 0 Å². The zero-order valence-electron chi connectivity index (χ0n) is 14.4. The molecule has 0 heterocycles. The molecule has 20 heavy (non-hydrogen) atoms. The third-order valence-electron chi connectivity index (χ3n) is 5.54. The number of hydrogen-bond acceptors (Lipinski definition) is 2. The lowest BCUT2D eigenvalue weighted by Crippen LogP contribution is -2.35. The maximum absolute atomic E-state index is 4.93. The van der Waals surface area contributed by atoms with Crippen LogP contribution in [0.4, 0.5) is 0 Å². The Morgan fingerprint density at radius 3 is 2.30 bits per heavy atom. The standard InChI is InChI=1S/C17H36S3/c1-7-14(13(2)18)12-17(3,4)15-9-8-10-16(11-15)20(5,6)19/h13-16,18-19H,7-12H2,1-6H3. The van der Waals surface area contributed by atoms with Crippen LogP contribution in [0.2, 0.25) is 0 Å². The van der Waals surface area contributed by atoms with E-state index >= 15 is 0 Å². The Morgan fingerprint density at radius 2 is 1.85 bits per heavy atom. The predicted molar refractivity (Wildman–Crippen MR) is 105 cm³/mol. The van der Waals surface area contributed by atoms with Crippen LogP contribution in [0.5, 0.6) is 0 Å². The Bertz CT molecular complexity index is 291. The van der Waals surface area contributed by atoms with Crippen molar-refractivity contribution in [2.24, 2.45) is 17.3 Å². The lowest BCUT2D eigenvalue weighted by Gasteiger charge is -2.46. The second-order valence-corrected chi connectivity index (χ2v) is 14.9. The molecular formula is C17H36S3. The molecule has 1 fully saturated rings. The fraction of sp³-hybridized carbons (Fsp3) is 1.00. The first-order valence-electron chi connectivity index (χ1n) is 8.20. The number of thiol groups is 2. The summed E-state index contributed by atoms with van der Waals surface area (Å²) in [6, 6.07) is 0. The smallest absolute Gasteiger partial charge is 0.00168 e. The van der Waals surface area contributed by atoms with Gasteiger partial charge in [-0.15, -0.1) is 11.7 Å². The molecule has 0 radical (unpaired) electrons. The molecule has 1 rings (SSSR count). The van der Waals surface area contributed by atoms with E-state index in [-0.39, 0.29) is 0 Å². The highest BCUT2D eigenvalue weighted by Gasteiger charge is 2.38. The van der Waals surface area contributed by atoms with E-state index in [2.05, 4.69) is 40.2 Å². The zero-order chi connectivity index (χ0) is 15.6. The van der Waals surface area contributed by atoms with Gasteiger partial charge in [0.05, 0.1) is 0 Å². The first kappa shape index (κ1) is 19.1. The van der Waals surface area contributed by atoms with Gasteiger partial charge >= 0.3 is 0 Å². The molecule has 0 N–H and O–H groups in total. The molecule has 0 saturated heterocycles. The lowest BCUT2D eigenvalue weighted by atomic mass is 9.66. The Kier molecular flexibility index (Phi) is 7.21. The van der Waals surface area contributed by atoms with Crippen molar-refractivity contribution in [2.75, 3.05) is 12.5 Å². The van der Waals surface area contributed by atoms with Gasteiger partial charge in [-0.05, 0) is 60.7 Å². The van der Waals surface area contributed by atoms with Crippen molar-refractivity contribution in [2.45, 2.75) is 76.7 Å². The van der Waals surface area contributed by atoms with Crippen LogP contribution >= 0.6 is 33.3 Å². The van der Waals surface area contributed by atoms with Crippen molar-refractivity contribution in [3.63, 3.8) is 0 Å². The van der Waals surface area contributed by atoms with Gasteiger partial charge in [0.25, 0.3) is 0 Å². The largest absolute Gasteiger partial charge is 0.198 e. The molecule has 0 aliphatic heterocycles. The van der Waals surface area contributed by atoms with Crippen molar-refractivity contribution < 1.29 is 0 Å². The summed E-state index contributed by atoms with van der Waals surface area (Å²) in [5.74, 6) is 1.63. The molecule has 0 aromatic carbocycles. The number of rotatable bonds is 6. The maximum atomic E-state index is 4.93. The summed E-state index contributed by atoms with van der Waals surface area (Å²) in [6.07, 6.45) is 13.0. The molecule has 4 atom stereocenters. The van der Waals surface area contributed by atoms with Crippen molar-refractivity contribution in [1.29, 1.82) is 0 Å². The second-order valence-electron chi connectivity index (χ2n) is 7.94. The van der Waals surface area contributed by atoms with Crippen LogP contribution in [0, 0.1) is 17.3 Å². The van der Waals surface area contributed by atoms with Crippen LogP contribution in [-0.4, -0.2) is 23.0 Å². The van der Waals surface area contributed by atoms with Crippen molar-refractivity contribution in [3.05, 3.63) is 0 Å². The predicted octanol–water partition coefficient (Wildman–Crippen LogP) is 6.22. The van der Waals surface area contributed by atoms with Crippen LogP contribution in [0.3, 0.4) is 0 Å². The maximum Gasteiger partial charge on any atom is 0.00168 e. The van der Waals surface area contributed by atoms with Crippen LogP contribution in [-0.2, 0) is 0 Å². The Morgan fingerprint density at radius 1 is 1.25 bits per heavy atom. The highest BCUT2D eigenvalue weighted by molar-refractivity contribution is 8.87. The summed E-state index contributed by atoms with van der Waals surface area (Å²) in [6.45, 7) is 9.58. The first-order chi connectivity index (χ1) is 9.08. The quantitative estimate of drug-likeness (QED) is 0.418. The van der Waals surface area contributed by atoms with E-state index in [1.54, 1.807) is 0 Å². The lowest BCUT2D eigenvalue weighted by molar-refractivity contribution is 0.122. The summed E-state index contributed by atoms with van der Waals surface area (Å²) in [7, 11) is -0.690. The van der Waals surface area contributed by atoms with Crippen molar-refractivity contribution in [3.8, 4) is 0 Å². The Balaban J connectivity index is 2.71. The van der Waals surface area contributed by atoms with Gasteiger partial charge in [-0.1, -0.05) is 40.5 Å². The van der Waals surface area contributed by atoms with Crippen LogP contribution < -0.4 is 0 Å². The molecule has 0 bridgehead atoms. The van der Waals surface area contributed by atoms with Crippen molar-refractivity contribution >= 4 is 33.3 Å². The van der Waals surface area contributed by atoms with E-state index in [4.69, 9.17) is 24.3 Å². The highest BCUT2D eigenvalue weighted by atomic mass is 33.1. The Hall–Kier alpha value is 1.05. The summed E-state index contributed by atoms with van der Waals surface area (Å²) < 4.78 is 0. The first-order valence-corrected chi connectivity index (χ1v) is 12.3. The molecule has 1 aliphatic rings. The van der Waals surface area contributed by atoms with E-state index in [0.29, 0.717) is 10.7 Å². The fourth-order valence-electron chi connectivity index (χ4n) is 3.88. The third kappa shape index (κ3) is 5.35. The second kappa shape index (κ2) is 7.55. The van der Waals surface area contributed by atoms with E-state index < -0.39 is 9.06 Å². The van der Waals surface area contributed by atoms with E-state index in [1.165, 1.54) is 38.5 Å². The average Bonchev–Trinajstić information content (AvgIpc) is 2.35. The minimum absolute atomic E-state index is 0.453. The van der Waals surface area contributed by atoms with E-state index in [9.17, 15) is 0 Å². The van der Waals surface area contributed by atoms with Crippen molar-refractivity contribution in [1.82, 2.24) is 0 Å². The van der Waals surface area contributed by atoms with E-state index in [0.717, 1.165) is 17.1 Å². The zero-order valence-corrected chi connectivity index (χ0v) is 17.0. The molecule has 1 aliphatic carbocycles. The topological polar surface area (TPSA) is 0 Å². The van der Waals surface area contributed by atoms with Gasteiger partial charge in [0.2, 0.25) is 0 Å². The molecule has 0 aromatic rings. The fourth-order valence-corrected chi connectivity index (χ4v) is 6.21. The Labute approximate surface area is 139 Å². The summed E-state index contributed by atoms with van der Waals surface area (Å²) in [5, 5.41) is 1.38. The molecular weight excluding hydrogens is 300 g/mol. The molecule has 4 unspecified atom stereocenters. The SMILES string of the molecule is CCC(CC(C)(C)C1CCCC(S(C)(C)S)C1)C(C)S. The third-order valence-corrected chi connectivity index (χ3v) is 8.92.